The Morgan fingerprint density at radius 3 is 2.82 bits per heavy atom. The average Bonchev–Trinajstić information content (AvgIpc) is 2.39. The minimum atomic E-state index is -4.71. The Morgan fingerprint density at radius 1 is 1.35 bits per heavy atom. The van der Waals surface area contributed by atoms with Gasteiger partial charge in [0.1, 0.15) is 5.75 Å². The fourth-order valence-electron chi connectivity index (χ4n) is 1.85. The molecule has 0 spiro atoms. The number of aliphatic hydroxyl groups excluding tert-OH is 1. The molecule has 0 amide bonds. The van der Waals surface area contributed by atoms with Crippen LogP contribution in [0.3, 0.4) is 0 Å². The van der Waals surface area contributed by atoms with Crippen molar-refractivity contribution >= 4 is 5.69 Å². The molecule has 1 aromatic carbocycles. The molecule has 0 bridgehead atoms. The van der Waals surface area contributed by atoms with Crippen molar-refractivity contribution in [3.8, 4) is 5.75 Å². The van der Waals surface area contributed by atoms with Crippen LogP contribution in [0.5, 0.6) is 5.75 Å². The summed E-state index contributed by atoms with van der Waals surface area (Å²) in [5.41, 5.74) is 1.11. The van der Waals surface area contributed by atoms with E-state index in [-0.39, 0.29) is 5.75 Å². The second kappa shape index (κ2) is 4.44. The molecule has 0 aromatic heterocycles. The number of alkyl halides is 3. The molecule has 17 heavy (non-hydrogen) atoms. The van der Waals surface area contributed by atoms with E-state index in [9.17, 15) is 18.3 Å². The van der Waals surface area contributed by atoms with Gasteiger partial charge in [-0.25, -0.2) is 0 Å². The number of fused-ring (bicyclic) bond motifs is 1. The molecule has 0 saturated heterocycles. The molecular weight excluding hydrogens is 235 g/mol. The van der Waals surface area contributed by atoms with Crippen molar-refractivity contribution in [1.82, 2.24) is 0 Å². The molecule has 1 aromatic rings. The summed E-state index contributed by atoms with van der Waals surface area (Å²) in [5, 5.41) is 12.8. The van der Waals surface area contributed by atoms with Crippen LogP contribution < -0.4 is 10.1 Å². The highest BCUT2D eigenvalue weighted by atomic mass is 19.4. The van der Waals surface area contributed by atoms with E-state index in [1.54, 1.807) is 0 Å². The number of hydrogen-bond donors (Lipinski definition) is 2. The Hall–Kier alpha value is -1.43. The predicted molar refractivity (Wildman–Crippen MR) is 55.8 cm³/mol. The van der Waals surface area contributed by atoms with Gasteiger partial charge < -0.3 is 15.2 Å². The highest BCUT2D eigenvalue weighted by Gasteiger charge is 2.31. The molecule has 2 rings (SSSR count). The maximum Gasteiger partial charge on any atom is 0.573 e. The summed E-state index contributed by atoms with van der Waals surface area (Å²) < 4.78 is 40.0. The van der Waals surface area contributed by atoms with Gasteiger partial charge in [-0.2, -0.15) is 0 Å². The van der Waals surface area contributed by atoms with Crippen LogP contribution in [0.15, 0.2) is 18.2 Å². The van der Waals surface area contributed by atoms with Gasteiger partial charge in [-0.05, 0) is 31.0 Å². The maximum absolute atomic E-state index is 12.1. The van der Waals surface area contributed by atoms with Crippen molar-refractivity contribution in [2.24, 2.45) is 0 Å². The van der Waals surface area contributed by atoms with Gasteiger partial charge in [-0.15, -0.1) is 13.2 Å². The van der Waals surface area contributed by atoms with Gasteiger partial charge in [0.05, 0.1) is 6.10 Å². The van der Waals surface area contributed by atoms with E-state index in [0.29, 0.717) is 24.2 Å². The zero-order valence-electron chi connectivity index (χ0n) is 8.92. The van der Waals surface area contributed by atoms with Crippen molar-refractivity contribution in [1.29, 1.82) is 0 Å². The molecule has 0 aliphatic carbocycles. The monoisotopic (exact) mass is 247 g/mol. The van der Waals surface area contributed by atoms with Gasteiger partial charge in [0.15, 0.2) is 0 Å². The minimum absolute atomic E-state index is 0.306. The normalized spacial score (nSPS) is 20.1. The van der Waals surface area contributed by atoms with Crippen LogP contribution in [-0.4, -0.2) is 18.0 Å². The van der Waals surface area contributed by atoms with Gasteiger partial charge in [0.25, 0.3) is 0 Å². The maximum atomic E-state index is 12.1. The zero-order valence-corrected chi connectivity index (χ0v) is 8.92. The summed E-state index contributed by atoms with van der Waals surface area (Å²) in [4.78, 5) is 0. The summed E-state index contributed by atoms with van der Waals surface area (Å²) in [6.45, 7) is 0.698. The lowest BCUT2D eigenvalue weighted by Crippen LogP contribution is -2.17. The molecule has 1 atom stereocenters. The summed E-state index contributed by atoms with van der Waals surface area (Å²) in [5.74, 6) is -0.306. The molecular formula is C11H12F3NO2. The SMILES string of the molecule is O[C@H]1CCCNc2ccc(OC(F)(F)F)cc21. The standard InChI is InChI=1S/C11H12F3NO2/c12-11(13,14)17-7-3-4-9-8(6-7)10(16)2-1-5-15-9/h3-4,6,10,15-16H,1-2,5H2/t10-/m0/s1. The van der Waals surface area contributed by atoms with Crippen LogP contribution in [0.1, 0.15) is 24.5 Å². The molecule has 2 N–H and O–H groups in total. The molecule has 1 heterocycles. The van der Waals surface area contributed by atoms with Crippen molar-refractivity contribution in [2.45, 2.75) is 25.3 Å². The lowest BCUT2D eigenvalue weighted by Gasteiger charge is -2.15. The summed E-state index contributed by atoms with van der Waals surface area (Å²) >= 11 is 0. The average molecular weight is 247 g/mol. The van der Waals surface area contributed by atoms with Gasteiger partial charge in [0, 0.05) is 17.8 Å². The number of rotatable bonds is 1. The van der Waals surface area contributed by atoms with Crippen LogP contribution in [0.4, 0.5) is 18.9 Å². The van der Waals surface area contributed by atoms with Crippen molar-refractivity contribution in [3.05, 3.63) is 23.8 Å². The third kappa shape index (κ3) is 3.03. The fourth-order valence-corrected chi connectivity index (χ4v) is 1.85. The second-order valence-electron chi connectivity index (χ2n) is 3.88. The Balaban J connectivity index is 2.28. The number of hydrogen-bond acceptors (Lipinski definition) is 3. The van der Waals surface area contributed by atoms with Gasteiger partial charge in [0.2, 0.25) is 0 Å². The van der Waals surface area contributed by atoms with Gasteiger partial charge in [-0.3, -0.25) is 0 Å². The smallest absolute Gasteiger partial charge is 0.406 e. The number of aliphatic hydroxyl groups is 1. The van der Waals surface area contributed by atoms with E-state index >= 15 is 0 Å². The van der Waals surface area contributed by atoms with Crippen LogP contribution >= 0.6 is 0 Å². The number of nitrogens with one attached hydrogen (secondary N) is 1. The highest BCUT2D eigenvalue weighted by Crippen LogP contribution is 2.33. The summed E-state index contributed by atoms with van der Waals surface area (Å²) in [6.07, 6.45) is -4.17. The van der Waals surface area contributed by atoms with E-state index in [1.807, 2.05) is 0 Å². The molecule has 1 aliphatic heterocycles. The van der Waals surface area contributed by atoms with E-state index < -0.39 is 12.5 Å². The fraction of sp³-hybridized carbons (Fsp3) is 0.455. The number of ether oxygens (including phenoxy) is 1. The Morgan fingerprint density at radius 2 is 2.12 bits per heavy atom. The molecule has 3 nitrogen and oxygen atoms in total. The first-order chi connectivity index (χ1) is 7.96. The Labute approximate surface area is 96.2 Å². The van der Waals surface area contributed by atoms with Crippen LogP contribution in [0, 0.1) is 0 Å². The molecule has 6 heteroatoms. The number of anilines is 1. The molecule has 0 saturated carbocycles. The topological polar surface area (TPSA) is 41.5 Å². The minimum Gasteiger partial charge on any atom is -0.406 e. The van der Waals surface area contributed by atoms with Crippen LogP contribution in [-0.2, 0) is 0 Å². The predicted octanol–water partition coefficient (Wildman–Crippen LogP) is 2.82. The van der Waals surface area contributed by atoms with Crippen LogP contribution in [0.2, 0.25) is 0 Å². The third-order valence-electron chi connectivity index (χ3n) is 2.59. The first-order valence-electron chi connectivity index (χ1n) is 5.27. The molecule has 0 unspecified atom stereocenters. The van der Waals surface area contributed by atoms with Gasteiger partial charge >= 0.3 is 6.36 Å². The largest absolute Gasteiger partial charge is 0.573 e. The lowest BCUT2D eigenvalue weighted by atomic mass is 10.0. The lowest BCUT2D eigenvalue weighted by molar-refractivity contribution is -0.274. The molecule has 1 aliphatic rings. The van der Waals surface area contributed by atoms with E-state index in [0.717, 1.165) is 6.42 Å². The molecule has 94 valence electrons. The second-order valence-corrected chi connectivity index (χ2v) is 3.88. The Bertz CT molecular complexity index is 406. The van der Waals surface area contributed by atoms with E-state index in [1.165, 1.54) is 18.2 Å². The number of halogens is 3. The van der Waals surface area contributed by atoms with Crippen molar-refractivity contribution in [2.75, 3.05) is 11.9 Å². The van der Waals surface area contributed by atoms with E-state index in [4.69, 9.17) is 0 Å². The van der Waals surface area contributed by atoms with Crippen molar-refractivity contribution in [3.63, 3.8) is 0 Å². The Kier molecular flexibility index (Phi) is 3.15. The molecule has 0 radical (unpaired) electrons. The van der Waals surface area contributed by atoms with Gasteiger partial charge in [-0.1, -0.05) is 0 Å². The summed E-state index contributed by atoms with van der Waals surface area (Å²) in [6, 6.07) is 3.95. The first-order valence-corrected chi connectivity index (χ1v) is 5.27. The van der Waals surface area contributed by atoms with Crippen LogP contribution in [0.25, 0.3) is 0 Å². The van der Waals surface area contributed by atoms with Crippen molar-refractivity contribution < 1.29 is 23.0 Å². The zero-order chi connectivity index (χ0) is 12.5. The summed E-state index contributed by atoms with van der Waals surface area (Å²) in [7, 11) is 0. The molecule has 0 fully saturated rings. The first kappa shape index (κ1) is 12.0. The van der Waals surface area contributed by atoms with E-state index in [2.05, 4.69) is 10.1 Å². The third-order valence-corrected chi connectivity index (χ3v) is 2.59. The highest BCUT2D eigenvalue weighted by molar-refractivity contribution is 5.56. The number of benzene rings is 1. The quantitative estimate of drug-likeness (QED) is 0.801.